The Kier molecular flexibility index (Phi) is 4.11. The molecule has 1 saturated carbocycles. The van der Waals surface area contributed by atoms with E-state index in [1.54, 1.807) is 0 Å². The summed E-state index contributed by atoms with van der Waals surface area (Å²) in [5.74, 6) is 0. The van der Waals surface area contributed by atoms with Gasteiger partial charge in [0, 0.05) is 15.2 Å². The van der Waals surface area contributed by atoms with Gasteiger partial charge in [-0.2, -0.15) is 0 Å². The molecule has 88 valence electrons. The lowest BCUT2D eigenvalue weighted by Gasteiger charge is -2.29. The second-order valence-electron chi connectivity index (χ2n) is 4.23. The highest BCUT2D eigenvalue weighted by Crippen LogP contribution is 2.29. The van der Waals surface area contributed by atoms with E-state index in [4.69, 9.17) is 11.6 Å². The first-order chi connectivity index (χ1) is 7.66. The number of halogens is 2. The summed E-state index contributed by atoms with van der Waals surface area (Å²) >= 11 is 9.35. The molecule has 0 radical (unpaired) electrons. The van der Waals surface area contributed by atoms with Crippen LogP contribution in [0.15, 0.2) is 22.7 Å². The van der Waals surface area contributed by atoms with Crippen LogP contribution in [0.3, 0.4) is 0 Å². The fraction of sp³-hybridized carbons (Fsp3) is 0.500. The Morgan fingerprint density at radius 2 is 2.06 bits per heavy atom. The maximum absolute atomic E-state index is 9.87. The largest absolute Gasteiger partial charge is 0.391 e. The Balaban J connectivity index is 2.07. The summed E-state index contributed by atoms with van der Waals surface area (Å²) in [4.78, 5) is 0. The molecule has 0 aliphatic heterocycles. The van der Waals surface area contributed by atoms with Crippen LogP contribution in [0.1, 0.15) is 25.7 Å². The van der Waals surface area contributed by atoms with E-state index in [1.807, 2.05) is 18.2 Å². The highest BCUT2D eigenvalue weighted by molar-refractivity contribution is 9.10. The van der Waals surface area contributed by atoms with Crippen molar-refractivity contribution in [3.8, 4) is 0 Å². The highest BCUT2D eigenvalue weighted by atomic mass is 79.9. The van der Waals surface area contributed by atoms with Crippen molar-refractivity contribution < 1.29 is 5.11 Å². The lowest BCUT2D eigenvalue weighted by Crippen LogP contribution is -2.36. The van der Waals surface area contributed by atoms with Crippen LogP contribution in [0, 0.1) is 0 Å². The number of anilines is 1. The van der Waals surface area contributed by atoms with Crippen molar-refractivity contribution in [2.75, 3.05) is 5.32 Å². The van der Waals surface area contributed by atoms with Crippen LogP contribution in [0.25, 0.3) is 0 Å². The van der Waals surface area contributed by atoms with Crippen molar-refractivity contribution in [3.63, 3.8) is 0 Å². The molecule has 1 aliphatic rings. The van der Waals surface area contributed by atoms with Gasteiger partial charge in [0.2, 0.25) is 0 Å². The first-order valence-electron chi connectivity index (χ1n) is 5.56. The molecule has 0 heterocycles. The van der Waals surface area contributed by atoms with Crippen molar-refractivity contribution in [2.24, 2.45) is 0 Å². The van der Waals surface area contributed by atoms with Gasteiger partial charge in [-0.25, -0.2) is 0 Å². The summed E-state index contributed by atoms with van der Waals surface area (Å²) in [7, 11) is 0. The lowest BCUT2D eigenvalue weighted by molar-refractivity contribution is 0.116. The Bertz CT molecular complexity index is 372. The summed E-state index contributed by atoms with van der Waals surface area (Å²) in [5.41, 5.74) is 0.996. The SMILES string of the molecule is O[C@@H]1CCCC[C@H]1Nc1ccc(Cl)cc1Br. The van der Waals surface area contributed by atoms with Crippen LogP contribution in [0.5, 0.6) is 0 Å². The zero-order chi connectivity index (χ0) is 11.5. The topological polar surface area (TPSA) is 32.3 Å². The van der Waals surface area contributed by atoms with Gasteiger partial charge in [0.1, 0.15) is 0 Å². The van der Waals surface area contributed by atoms with Gasteiger partial charge >= 0.3 is 0 Å². The predicted molar refractivity (Wildman–Crippen MR) is 71.0 cm³/mol. The smallest absolute Gasteiger partial charge is 0.0741 e. The van der Waals surface area contributed by atoms with Gasteiger partial charge in [0.25, 0.3) is 0 Å². The van der Waals surface area contributed by atoms with Crippen LogP contribution in [-0.2, 0) is 0 Å². The first-order valence-corrected chi connectivity index (χ1v) is 6.73. The predicted octanol–water partition coefficient (Wildman–Crippen LogP) is 3.82. The minimum Gasteiger partial charge on any atom is -0.391 e. The fourth-order valence-corrected chi connectivity index (χ4v) is 2.88. The molecular formula is C12H15BrClNO. The number of aliphatic hydroxyl groups excluding tert-OH is 1. The molecule has 2 nitrogen and oxygen atoms in total. The number of aliphatic hydroxyl groups is 1. The van der Waals surface area contributed by atoms with Crippen molar-refractivity contribution in [1.29, 1.82) is 0 Å². The molecule has 1 fully saturated rings. The molecule has 2 N–H and O–H groups in total. The van der Waals surface area contributed by atoms with E-state index in [1.165, 1.54) is 6.42 Å². The third kappa shape index (κ3) is 2.90. The molecule has 2 atom stereocenters. The summed E-state index contributed by atoms with van der Waals surface area (Å²) in [6.07, 6.45) is 3.98. The molecule has 0 spiro atoms. The van der Waals surface area contributed by atoms with Gasteiger partial charge in [-0.3, -0.25) is 0 Å². The van der Waals surface area contributed by atoms with Crippen molar-refractivity contribution >= 4 is 33.2 Å². The minimum atomic E-state index is -0.240. The fourth-order valence-electron chi connectivity index (χ4n) is 2.09. The maximum Gasteiger partial charge on any atom is 0.0741 e. The van der Waals surface area contributed by atoms with Crippen molar-refractivity contribution in [3.05, 3.63) is 27.7 Å². The molecule has 1 aliphatic carbocycles. The molecule has 4 heteroatoms. The van der Waals surface area contributed by atoms with Crippen LogP contribution >= 0.6 is 27.5 Å². The lowest BCUT2D eigenvalue weighted by atomic mass is 9.92. The molecule has 0 aromatic heterocycles. The van der Waals surface area contributed by atoms with Gasteiger partial charge in [-0.15, -0.1) is 0 Å². The molecular weight excluding hydrogens is 289 g/mol. The maximum atomic E-state index is 9.87. The Morgan fingerprint density at radius 1 is 1.31 bits per heavy atom. The van der Waals surface area contributed by atoms with E-state index < -0.39 is 0 Å². The molecule has 0 bridgehead atoms. The van der Waals surface area contributed by atoms with Gasteiger partial charge in [0.05, 0.1) is 12.1 Å². The second-order valence-corrected chi connectivity index (χ2v) is 5.52. The van der Waals surface area contributed by atoms with E-state index in [2.05, 4.69) is 21.2 Å². The Morgan fingerprint density at radius 3 is 2.75 bits per heavy atom. The normalized spacial score (nSPS) is 25.4. The minimum absolute atomic E-state index is 0.159. The first kappa shape index (κ1) is 12.2. The van der Waals surface area contributed by atoms with E-state index in [0.717, 1.165) is 29.4 Å². The molecule has 0 saturated heterocycles. The second kappa shape index (κ2) is 5.39. The molecule has 0 amide bonds. The van der Waals surface area contributed by atoms with Gasteiger partial charge in [-0.1, -0.05) is 24.4 Å². The monoisotopic (exact) mass is 303 g/mol. The molecule has 1 aromatic rings. The number of benzene rings is 1. The van der Waals surface area contributed by atoms with Crippen LogP contribution in [0.2, 0.25) is 5.02 Å². The average Bonchev–Trinajstić information content (AvgIpc) is 2.25. The third-order valence-electron chi connectivity index (χ3n) is 3.00. The zero-order valence-corrected chi connectivity index (χ0v) is 11.3. The van der Waals surface area contributed by atoms with Crippen molar-refractivity contribution in [1.82, 2.24) is 0 Å². The van der Waals surface area contributed by atoms with E-state index in [-0.39, 0.29) is 12.1 Å². The summed E-state index contributed by atoms with van der Waals surface area (Å²) < 4.78 is 0.942. The molecule has 0 unspecified atom stereocenters. The average molecular weight is 305 g/mol. The summed E-state index contributed by atoms with van der Waals surface area (Å²) in [6, 6.07) is 5.81. The van der Waals surface area contributed by atoms with Crippen molar-refractivity contribution in [2.45, 2.75) is 37.8 Å². The quantitative estimate of drug-likeness (QED) is 0.870. The highest BCUT2D eigenvalue weighted by Gasteiger charge is 2.23. The van der Waals surface area contributed by atoms with Gasteiger partial charge < -0.3 is 10.4 Å². The third-order valence-corrected chi connectivity index (χ3v) is 3.89. The number of nitrogens with one attached hydrogen (secondary N) is 1. The van der Waals surface area contributed by atoms with E-state index in [0.29, 0.717) is 5.02 Å². The van der Waals surface area contributed by atoms with Crippen LogP contribution < -0.4 is 5.32 Å². The standard InChI is InChI=1S/C12H15BrClNO/c13-9-7-8(14)5-6-10(9)15-11-3-1-2-4-12(11)16/h5-7,11-12,15-16H,1-4H2/t11-,12-/m1/s1. The Labute approximate surface area is 109 Å². The molecule has 16 heavy (non-hydrogen) atoms. The summed E-state index contributed by atoms with van der Waals surface area (Å²) in [5, 5.41) is 14.0. The number of rotatable bonds is 2. The van der Waals surface area contributed by atoms with Crippen LogP contribution in [-0.4, -0.2) is 17.3 Å². The van der Waals surface area contributed by atoms with E-state index >= 15 is 0 Å². The molecule has 2 rings (SSSR count). The summed E-state index contributed by atoms with van der Waals surface area (Å²) in [6.45, 7) is 0. The van der Waals surface area contributed by atoms with Crippen LogP contribution in [0.4, 0.5) is 5.69 Å². The molecule has 1 aromatic carbocycles. The van der Waals surface area contributed by atoms with Gasteiger partial charge in [0.15, 0.2) is 0 Å². The zero-order valence-electron chi connectivity index (χ0n) is 8.92. The number of hydrogen-bond acceptors (Lipinski definition) is 2. The van der Waals surface area contributed by atoms with Gasteiger partial charge in [-0.05, 0) is 47.0 Å². The number of hydrogen-bond donors (Lipinski definition) is 2. The Hall–Kier alpha value is -0.250. The van der Waals surface area contributed by atoms with E-state index in [9.17, 15) is 5.11 Å².